The highest BCUT2D eigenvalue weighted by molar-refractivity contribution is 5.91. The number of benzene rings is 3. The molecule has 11 heteroatoms. The normalized spacial score (nSPS) is 10.3. The predicted octanol–water partition coefficient (Wildman–Crippen LogP) is 4.78. The van der Waals surface area contributed by atoms with Crippen LogP contribution in [0.3, 0.4) is 0 Å². The smallest absolute Gasteiger partial charge is 0.343 e. The Kier molecular flexibility index (Phi) is 12.1. The zero-order valence-corrected chi connectivity index (χ0v) is 22.9. The average Bonchev–Trinajstić information content (AvgIpc) is 2.98. The van der Waals surface area contributed by atoms with Gasteiger partial charge in [-0.25, -0.2) is 9.59 Å². The molecule has 0 spiro atoms. The van der Waals surface area contributed by atoms with Crippen molar-refractivity contribution >= 4 is 23.9 Å². The number of rotatable bonds is 15. The molecule has 0 fully saturated rings. The van der Waals surface area contributed by atoms with Crippen molar-refractivity contribution in [2.24, 2.45) is 0 Å². The van der Waals surface area contributed by atoms with Crippen LogP contribution in [-0.2, 0) is 35.4 Å². The Balaban J connectivity index is 1.38. The van der Waals surface area contributed by atoms with Gasteiger partial charge in [0, 0.05) is 18.9 Å². The molecule has 3 aromatic carbocycles. The number of phenols is 1. The van der Waals surface area contributed by atoms with E-state index < -0.39 is 23.9 Å². The van der Waals surface area contributed by atoms with Crippen LogP contribution in [0.25, 0.3) is 0 Å². The largest absolute Gasteiger partial charge is 0.508 e. The van der Waals surface area contributed by atoms with Crippen molar-refractivity contribution in [3.63, 3.8) is 0 Å². The van der Waals surface area contributed by atoms with Gasteiger partial charge in [-0.15, -0.1) is 0 Å². The van der Waals surface area contributed by atoms with Crippen LogP contribution in [0.1, 0.15) is 40.7 Å². The Hall–Kier alpha value is -5.16. The molecule has 220 valence electrons. The van der Waals surface area contributed by atoms with E-state index in [-0.39, 0.29) is 56.1 Å². The van der Waals surface area contributed by atoms with Gasteiger partial charge in [-0.1, -0.05) is 18.7 Å². The number of esters is 4. The summed E-state index contributed by atoms with van der Waals surface area (Å²) in [6.07, 6.45) is 1.19. The van der Waals surface area contributed by atoms with Crippen LogP contribution in [0.2, 0.25) is 0 Å². The minimum absolute atomic E-state index is 0.00532. The summed E-state index contributed by atoms with van der Waals surface area (Å²) in [7, 11) is 0. The van der Waals surface area contributed by atoms with Gasteiger partial charge < -0.3 is 28.9 Å². The molecule has 0 unspecified atom stereocenters. The van der Waals surface area contributed by atoms with Gasteiger partial charge in [0.1, 0.15) is 37.1 Å². The lowest BCUT2D eigenvalue weighted by Crippen LogP contribution is -2.14. The molecule has 0 aromatic heterocycles. The van der Waals surface area contributed by atoms with Gasteiger partial charge in [0.2, 0.25) is 0 Å². The molecule has 0 radical (unpaired) electrons. The topological polar surface area (TPSA) is 144 Å². The van der Waals surface area contributed by atoms with E-state index in [4.69, 9.17) is 24.0 Å². The minimum Gasteiger partial charge on any atom is -0.508 e. The van der Waals surface area contributed by atoms with E-state index in [0.717, 1.165) is 11.6 Å². The molecule has 0 bridgehead atoms. The van der Waals surface area contributed by atoms with Crippen molar-refractivity contribution in [1.82, 2.24) is 0 Å². The Labute approximate surface area is 242 Å². The number of carbonyl (C=O) groups is 4. The van der Waals surface area contributed by atoms with Crippen molar-refractivity contribution in [2.75, 3.05) is 13.2 Å². The van der Waals surface area contributed by atoms with Gasteiger partial charge in [-0.2, -0.15) is 4.89 Å². The summed E-state index contributed by atoms with van der Waals surface area (Å²) in [4.78, 5) is 57.8. The number of hydrogen-bond donors (Lipinski definition) is 1. The summed E-state index contributed by atoms with van der Waals surface area (Å²) in [6.45, 7) is 5.00. The van der Waals surface area contributed by atoms with Crippen LogP contribution >= 0.6 is 0 Å². The van der Waals surface area contributed by atoms with Gasteiger partial charge in [-0.3, -0.25) is 9.59 Å². The second-order valence-electron chi connectivity index (χ2n) is 8.77. The van der Waals surface area contributed by atoms with Gasteiger partial charge in [0.05, 0.1) is 5.56 Å². The molecule has 3 rings (SSSR count). The zero-order valence-electron chi connectivity index (χ0n) is 22.9. The molecule has 0 heterocycles. The monoisotopic (exact) mass is 578 g/mol. The molecule has 3 aromatic rings. The first-order chi connectivity index (χ1) is 20.2. The van der Waals surface area contributed by atoms with E-state index in [1.54, 1.807) is 49.4 Å². The van der Waals surface area contributed by atoms with E-state index in [0.29, 0.717) is 17.1 Å². The van der Waals surface area contributed by atoms with Gasteiger partial charge >= 0.3 is 23.9 Å². The Morgan fingerprint density at radius 3 is 2.17 bits per heavy atom. The van der Waals surface area contributed by atoms with Gasteiger partial charge in [0.15, 0.2) is 5.75 Å². The third-order valence-corrected chi connectivity index (χ3v) is 5.51. The second-order valence-corrected chi connectivity index (χ2v) is 8.77. The van der Waals surface area contributed by atoms with Crippen LogP contribution in [0.15, 0.2) is 79.4 Å². The van der Waals surface area contributed by atoms with E-state index in [1.165, 1.54) is 24.3 Å². The van der Waals surface area contributed by atoms with E-state index in [9.17, 15) is 24.3 Å². The molecule has 11 nitrogen and oxygen atoms in total. The van der Waals surface area contributed by atoms with Crippen molar-refractivity contribution in [3.8, 4) is 23.0 Å². The summed E-state index contributed by atoms with van der Waals surface area (Å²) >= 11 is 0. The molecular weight excluding hydrogens is 548 g/mol. The van der Waals surface area contributed by atoms with E-state index in [1.807, 2.05) is 0 Å². The Morgan fingerprint density at radius 1 is 0.810 bits per heavy atom. The van der Waals surface area contributed by atoms with Gasteiger partial charge in [0.25, 0.3) is 0 Å². The second kappa shape index (κ2) is 16.2. The van der Waals surface area contributed by atoms with Crippen LogP contribution in [-0.4, -0.2) is 42.2 Å². The van der Waals surface area contributed by atoms with Crippen LogP contribution in [0.5, 0.6) is 23.0 Å². The summed E-state index contributed by atoms with van der Waals surface area (Å²) in [5, 5.41) is 9.33. The first-order valence-electron chi connectivity index (χ1n) is 12.9. The van der Waals surface area contributed by atoms with Gasteiger partial charge in [-0.05, 0) is 79.1 Å². The lowest BCUT2D eigenvalue weighted by molar-refractivity contribution is -0.217. The highest BCUT2D eigenvalue weighted by Gasteiger charge is 2.13. The van der Waals surface area contributed by atoms with E-state index >= 15 is 0 Å². The zero-order chi connectivity index (χ0) is 30.3. The summed E-state index contributed by atoms with van der Waals surface area (Å²) < 4.78 is 20.3. The maximum atomic E-state index is 12.6. The third kappa shape index (κ3) is 10.8. The molecule has 0 aliphatic rings. The highest BCUT2D eigenvalue weighted by atomic mass is 17.2. The van der Waals surface area contributed by atoms with Crippen molar-refractivity contribution in [3.05, 3.63) is 96.1 Å². The molecule has 0 amide bonds. The maximum Gasteiger partial charge on any atom is 0.343 e. The van der Waals surface area contributed by atoms with Crippen molar-refractivity contribution < 1.29 is 53.0 Å². The summed E-state index contributed by atoms with van der Waals surface area (Å²) in [6, 6.07) is 17.2. The number of phenolic OH excluding ortho intramolecular Hbond substituents is 1. The van der Waals surface area contributed by atoms with Crippen molar-refractivity contribution in [1.29, 1.82) is 0 Å². The molecule has 42 heavy (non-hydrogen) atoms. The van der Waals surface area contributed by atoms with Crippen LogP contribution in [0.4, 0.5) is 0 Å². The summed E-state index contributed by atoms with van der Waals surface area (Å²) in [5.41, 5.74) is 1.70. The molecular formula is C31H30O11. The van der Waals surface area contributed by atoms with Crippen LogP contribution in [0, 0.1) is 6.92 Å². The molecule has 0 saturated heterocycles. The standard InChI is InChI=1S/C31H30O11/c1-3-28(33)37-17-18-38-29(34)5-4-6-30(35)40-25-13-9-23(10-14-25)31(36)41-27-16-15-26(19-21(27)2)42-39-20-22-7-11-24(32)12-8-22/h3,7-16,19,32H,1,4-6,17-18,20H2,2H3. The van der Waals surface area contributed by atoms with E-state index in [2.05, 4.69) is 11.3 Å². The Morgan fingerprint density at radius 2 is 1.48 bits per heavy atom. The fourth-order valence-electron chi connectivity index (χ4n) is 3.35. The predicted molar refractivity (Wildman–Crippen MR) is 148 cm³/mol. The molecule has 0 aliphatic carbocycles. The first-order valence-corrected chi connectivity index (χ1v) is 12.9. The average molecular weight is 579 g/mol. The minimum atomic E-state index is -0.610. The SMILES string of the molecule is C=CC(=O)OCCOC(=O)CCCC(=O)Oc1ccc(C(=O)Oc2ccc(OOCc3ccc(O)cc3)cc2C)cc1. The number of aromatic hydroxyl groups is 1. The highest BCUT2D eigenvalue weighted by Crippen LogP contribution is 2.25. The quantitative estimate of drug-likeness (QED) is 0.0664. The Bertz CT molecular complexity index is 1380. The lowest BCUT2D eigenvalue weighted by atomic mass is 10.2. The number of aryl methyl sites for hydroxylation is 1. The first kappa shape index (κ1) is 31.4. The number of hydrogen-bond acceptors (Lipinski definition) is 11. The third-order valence-electron chi connectivity index (χ3n) is 5.51. The van der Waals surface area contributed by atoms with Crippen LogP contribution < -0.4 is 14.4 Å². The molecule has 0 atom stereocenters. The fraction of sp³-hybridized carbons (Fsp3) is 0.226. The lowest BCUT2D eigenvalue weighted by Gasteiger charge is -2.10. The van der Waals surface area contributed by atoms with Crippen molar-refractivity contribution in [2.45, 2.75) is 32.8 Å². The number of ether oxygens (including phenoxy) is 4. The maximum absolute atomic E-state index is 12.6. The molecule has 0 saturated carbocycles. The number of carbonyl (C=O) groups excluding carboxylic acids is 4. The summed E-state index contributed by atoms with van der Waals surface area (Å²) in [5.74, 6) is -1.16. The molecule has 0 aliphatic heterocycles. The molecule has 1 N–H and O–H groups in total. The fourth-order valence-corrected chi connectivity index (χ4v) is 3.35.